The van der Waals surface area contributed by atoms with E-state index in [0.717, 1.165) is 37.4 Å². The van der Waals surface area contributed by atoms with E-state index < -0.39 is 0 Å². The minimum atomic E-state index is -0.245. The molecule has 4 rings (SSSR count). The third kappa shape index (κ3) is 4.83. The number of rotatable bonds is 5. The average Bonchev–Trinajstić information content (AvgIpc) is 3.20. The fourth-order valence-corrected chi connectivity index (χ4v) is 3.80. The van der Waals surface area contributed by atoms with Gasteiger partial charge in [-0.3, -0.25) is 9.69 Å². The van der Waals surface area contributed by atoms with Crippen LogP contribution < -0.4 is 5.32 Å². The Hall–Kier alpha value is -2.83. The Balaban J connectivity index is 1.39. The molecule has 0 unspecified atom stereocenters. The lowest BCUT2D eigenvalue weighted by Gasteiger charge is -2.16. The maximum Gasteiger partial charge on any atom is 0.259 e. The van der Waals surface area contributed by atoms with Crippen molar-refractivity contribution >= 4 is 23.2 Å². The summed E-state index contributed by atoms with van der Waals surface area (Å²) in [5.74, 6) is 0.516. The monoisotopic (exact) mass is 424 g/mol. The predicted octanol–water partition coefficient (Wildman–Crippen LogP) is 4.82. The Labute approximate surface area is 179 Å². The van der Waals surface area contributed by atoms with Gasteiger partial charge in [0.05, 0.1) is 11.3 Å². The molecule has 3 aromatic rings. The predicted molar refractivity (Wildman–Crippen MR) is 115 cm³/mol. The zero-order chi connectivity index (χ0) is 21.1. The highest BCUT2D eigenvalue weighted by atomic mass is 35.5. The zero-order valence-corrected chi connectivity index (χ0v) is 17.4. The first-order valence-electron chi connectivity index (χ1n) is 9.85. The van der Waals surface area contributed by atoms with Crippen molar-refractivity contribution in [1.29, 1.82) is 0 Å². The number of hydrogen-bond acceptors (Lipinski definition) is 4. The summed E-state index contributed by atoms with van der Waals surface area (Å²) >= 11 is 5.88. The molecule has 30 heavy (non-hydrogen) atoms. The van der Waals surface area contributed by atoms with Gasteiger partial charge in [-0.15, -0.1) is 0 Å². The molecule has 1 aromatic heterocycles. The molecule has 1 amide bonds. The molecule has 1 aliphatic heterocycles. The van der Waals surface area contributed by atoms with Crippen molar-refractivity contribution < 1.29 is 9.18 Å². The molecular formula is C23H22ClFN4O. The van der Waals surface area contributed by atoms with Crippen molar-refractivity contribution in [3.05, 3.63) is 88.2 Å². The van der Waals surface area contributed by atoms with Gasteiger partial charge in [0.25, 0.3) is 5.91 Å². The van der Waals surface area contributed by atoms with Crippen LogP contribution in [0.25, 0.3) is 0 Å². The molecular weight excluding hydrogens is 403 g/mol. The van der Waals surface area contributed by atoms with Crippen LogP contribution in [0.3, 0.4) is 0 Å². The smallest absolute Gasteiger partial charge is 0.259 e. The molecule has 2 heterocycles. The Morgan fingerprint density at radius 3 is 2.63 bits per heavy atom. The van der Waals surface area contributed by atoms with Gasteiger partial charge in [-0.1, -0.05) is 23.7 Å². The number of hydrogen-bond donors (Lipinski definition) is 1. The van der Waals surface area contributed by atoms with Gasteiger partial charge in [0, 0.05) is 35.9 Å². The molecule has 1 fully saturated rings. The number of aromatic nitrogens is 2. The zero-order valence-electron chi connectivity index (χ0n) is 16.6. The van der Waals surface area contributed by atoms with Crippen LogP contribution in [0.1, 0.15) is 39.8 Å². The first-order valence-corrected chi connectivity index (χ1v) is 10.2. The summed E-state index contributed by atoms with van der Waals surface area (Å²) in [4.78, 5) is 24.0. The van der Waals surface area contributed by atoms with Crippen molar-refractivity contribution in [2.45, 2.75) is 25.8 Å². The molecule has 154 valence electrons. The molecule has 1 N–H and O–H groups in total. The first kappa shape index (κ1) is 20.4. The third-order valence-electron chi connectivity index (χ3n) is 5.30. The van der Waals surface area contributed by atoms with Gasteiger partial charge >= 0.3 is 0 Å². The minimum Gasteiger partial charge on any atom is -0.322 e. The number of amides is 1. The van der Waals surface area contributed by atoms with Gasteiger partial charge in [0.1, 0.15) is 11.6 Å². The summed E-state index contributed by atoms with van der Waals surface area (Å²) in [5.41, 5.74) is 2.86. The van der Waals surface area contributed by atoms with Gasteiger partial charge < -0.3 is 5.32 Å². The Morgan fingerprint density at radius 2 is 1.93 bits per heavy atom. The van der Waals surface area contributed by atoms with Gasteiger partial charge in [0.15, 0.2) is 0 Å². The van der Waals surface area contributed by atoms with Crippen LogP contribution >= 0.6 is 11.6 Å². The van der Waals surface area contributed by atoms with Gasteiger partial charge in [0.2, 0.25) is 0 Å². The number of aryl methyl sites for hydroxylation is 1. The van der Waals surface area contributed by atoms with Crippen molar-refractivity contribution in [1.82, 2.24) is 14.9 Å². The molecule has 5 nitrogen and oxygen atoms in total. The van der Waals surface area contributed by atoms with E-state index in [4.69, 9.17) is 11.6 Å². The molecule has 0 bridgehead atoms. The summed E-state index contributed by atoms with van der Waals surface area (Å²) in [7, 11) is 0. The highest BCUT2D eigenvalue weighted by Crippen LogP contribution is 2.26. The number of likely N-dealkylation sites (tertiary alicyclic amines) is 1. The van der Waals surface area contributed by atoms with E-state index in [9.17, 15) is 9.18 Å². The topological polar surface area (TPSA) is 58.1 Å². The van der Waals surface area contributed by atoms with Gasteiger partial charge in [-0.2, -0.15) is 0 Å². The molecule has 1 aliphatic rings. The van der Waals surface area contributed by atoms with E-state index in [0.29, 0.717) is 22.0 Å². The molecule has 0 saturated carbocycles. The summed E-state index contributed by atoms with van der Waals surface area (Å²) in [6.07, 6.45) is 2.56. The maximum atomic E-state index is 13.1. The largest absolute Gasteiger partial charge is 0.322 e. The Bertz CT molecular complexity index is 1040. The molecule has 0 radical (unpaired) electrons. The summed E-state index contributed by atoms with van der Waals surface area (Å²) in [5, 5.41) is 3.45. The summed E-state index contributed by atoms with van der Waals surface area (Å²) in [6.45, 7) is 4.38. The van der Waals surface area contributed by atoms with Crippen LogP contribution in [-0.4, -0.2) is 33.9 Å². The molecule has 1 saturated heterocycles. The second-order valence-electron chi connectivity index (χ2n) is 7.54. The van der Waals surface area contributed by atoms with Gasteiger partial charge in [-0.05, 0) is 61.9 Å². The van der Waals surface area contributed by atoms with Crippen LogP contribution in [0.15, 0.2) is 54.7 Å². The number of nitrogens with one attached hydrogen (secondary N) is 1. The van der Waals surface area contributed by atoms with Crippen LogP contribution in [0, 0.1) is 12.7 Å². The fraction of sp³-hybridized carbons (Fsp3) is 0.261. The van der Waals surface area contributed by atoms with Crippen LogP contribution in [-0.2, 0) is 6.54 Å². The lowest BCUT2D eigenvalue weighted by molar-refractivity contribution is 0.102. The van der Waals surface area contributed by atoms with Crippen molar-refractivity contribution in [3.8, 4) is 0 Å². The lowest BCUT2D eigenvalue weighted by Crippen LogP contribution is -2.21. The first-order chi connectivity index (χ1) is 14.5. The van der Waals surface area contributed by atoms with Crippen molar-refractivity contribution in [2.24, 2.45) is 0 Å². The Kier molecular flexibility index (Phi) is 6.06. The number of carbonyl (C=O) groups is 1. The molecule has 1 atom stereocenters. The SMILES string of the molecule is Cc1nc([C@H]2CCN(Cc3ccc(F)cc3)C2)ncc1C(=O)Nc1ccc(Cl)cc1. The van der Waals surface area contributed by atoms with Gasteiger partial charge in [-0.25, -0.2) is 14.4 Å². The van der Waals surface area contributed by atoms with E-state index in [1.807, 2.05) is 19.1 Å². The van der Waals surface area contributed by atoms with Crippen LogP contribution in [0.4, 0.5) is 10.1 Å². The quantitative estimate of drug-likeness (QED) is 0.638. The number of anilines is 1. The normalized spacial score (nSPS) is 16.6. The summed E-state index contributed by atoms with van der Waals surface area (Å²) < 4.78 is 13.1. The maximum absolute atomic E-state index is 13.1. The van der Waals surface area contributed by atoms with Crippen molar-refractivity contribution in [3.63, 3.8) is 0 Å². The second kappa shape index (κ2) is 8.90. The van der Waals surface area contributed by atoms with E-state index in [1.54, 1.807) is 30.5 Å². The standard InChI is InChI=1S/C23H22ClFN4O/c1-15-21(23(30)28-20-8-4-18(24)5-9-20)12-26-22(27-15)17-10-11-29(14-17)13-16-2-6-19(25)7-3-16/h2-9,12,17H,10-11,13-14H2,1H3,(H,28,30)/t17-/m0/s1. The lowest BCUT2D eigenvalue weighted by atomic mass is 10.1. The number of carbonyl (C=O) groups excluding carboxylic acids is 1. The third-order valence-corrected chi connectivity index (χ3v) is 5.55. The van der Waals surface area contributed by atoms with Crippen molar-refractivity contribution in [2.75, 3.05) is 18.4 Å². The molecule has 0 spiro atoms. The highest BCUT2D eigenvalue weighted by molar-refractivity contribution is 6.30. The minimum absolute atomic E-state index is 0.220. The molecule has 7 heteroatoms. The Morgan fingerprint density at radius 1 is 1.20 bits per heavy atom. The van der Waals surface area contributed by atoms with Crippen LogP contribution in [0.2, 0.25) is 5.02 Å². The number of halogens is 2. The molecule has 2 aromatic carbocycles. The summed E-state index contributed by atoms with van der Waals surface area (Å²) in [6, 6.07) is 13.6. The van der Waals surface area contributed by atoms with Crippen LogP contribution in [0.5, 0.6) is 0 Å². The van der Waals surface area contributed by atoms with E-state index >= 15 is 0 Å². The van der Waals surface area contributed by atoms with E-state index in [2.05, 4.69) is 20.2 Å². The fourth-order valence-electron chi connectivity index (χ4n) is 3.67. The van der Waals surface area contributed by atoms with E-state index in [-0.39, 0.29) is 17.6 Å². The highest BCUT2D eigenvalue weighted by Gasteiger charge is 2.26. The van der Waals surface area contributed by atoms with E-state index in [1.165, 1.54) is 12.1 Å². The second-order valence-corrected chi connectivity index (χ2v) is 7.97. The average molecular weight is 425 g/mol. The molecule has 0 aliphatic carbocycles. The number of nitrogens with zero attached hydrogens (tertiary/aromatic N) is 3. The number of benzene rings is 2.